The lowest BCUT2D eigenvalue weighted by atomic mass is 9.95. The Hall–Kier alpha value is -1.59. The minimum Gasteiger partial charge on any atom is -0.355 e. The highest BCUT2D eigenvalue weighted by Crippen LogP contribution is 2.17. The number of carbonyl (C=O) groups excluding carboxylic acids is 3. The van der Waals surface area contributed by atoms with Crippen LogP contribution in [0.4, 0.5) is 0 Å². The first-order valence-electron chi connectivity index (χ1n) is 6.42. The van der Waals surface area contributed by atoms with E-state index in [1.54, 1.807) is 0 Å². The van der Waals surface area contributed by atoms with Crippen LogP contribution in [-0.2, 0) is 14.4 Å². The summed E-state index contributed by atoms with van der Waals surface area (Å²) in [7, 11) is 0. The van der Waals surface area contributed by atoms with E-state index in [0.717, 1.165) is 25.7 Å². The highest BCUT2D eigenvalue weighted by atomic mass is 16.2. The summed E-state index contributed by atoms with van der Waals surface area (Å²) in [5.74, 6) is -1.37. The average molecular weight is 255 g/mol. The molecule has 0 aromatic carbocycles. The summed E-state index contributed by atoms with van der Waals surface area (Å²) in [6, 6.07) is 0.132. The number of amides is 3. The summed E-state index contributed by atoms with van der Waals surface area (Å²) >= 11 is 0. The smallest absolute Gasteiger partial charge is 0.309 e. The maximum Gasteiger partial charge on any atom is 0.309 e. The molecule has 1 aliphatic carbocycles. The van der Waals surface area contributed by atoms with E-state index in [0.29, 0.717) is 6.54 Å². The Morgan fingerprint density at radius 1 is 0.944 bits per heavy atom. The van der Waals surface area contributed by atoms with Gasteiger partial charge in [0, 0.05) is 26.1 Å². The van der Waals surface area contributed by atoms with Gasteiger partial charge in [-0.05, 0) is 12.8 Å². The fourth-order valence-corrected chi connectivity index (χ4v) is 1.99. The molecule has 3 amide bonds. The van der Waals surface area contributed by atoms with Gasteiger partial charge in [0.05, 0.1) is 0 Å². The third kappa shape index (κ3) is 5.65. The molecule has 0 saturated heterocycles. The molecule has 0 unspecified atom stereocenters. The van der Waals surface area contributed by atoms with Crippen LogP contribution >= 0.6 is 0 Å². The van der Waals surface area contributed by atoms with E-state index in [9.17, 15) is 14.4 Å². The van der Waals surface area contributed by atoms with Crippen molar-refractivity contribution in [3.05, 3.63) is 0 Å². The van der Waals surface area contributed by atoms with Gasteiger partial charge in [-0.1, -0.05) is 19.3 Å². The molecule has 0 heterocycles. The lowest BCUT2D eigenvalue weighted by molar-refractivity contribution is -0.139. The SMILES string of the molecule is CC(=O)NCCNC(=O)C(=O)NC1CCCCC1. The van der Waals surface area contributed by atoms with Crippen molar-refractivity contribution in [3.8, 4) is 0 Å². The molecule has 0 radical (unpaired) electrons. The molecular weight excluding hydrogens is 234 g/mol. The van der Waals surface area contributed by atoms with Crippen molar-refractivity contribution in [2.24, 2.45) is 0 Å². The summed E-state index contributed by atoms with van der Waals surface area (Å²) in [5.41, 5.74) is 0. The van der Waals surface area contributed by atoms with Crippen molar-refractivity contribution in [2.75, 3.05) is 13.1 Å². The fraction of sp³-hybridized carbons (Fsp3) is 0.750. The Kier molecular flexibility index (Phi) is 6.18. The normalized spacial score (nSPS) is 15.8. The third-order valence-electron chi connectivity index (χ3n) is 2.93. The van der Waals surface area contributed by atoms with Gasteiger partial charge in [-0.2, -0.15) is 0 Å². The van der Waals surface area contributed by atoms with Crippen LogP contribution in [-0.4, -0.2) is 36.9 Å². The monoisotopic (exact) mass is 255 g/mol. The highest BCUT2D eigenvalue weighted by Gasteiger charge is 2.19. The topological polar surface area (TPSA) is 87.3 Å². The van der Waals surface area contributed by atoms with Crippen molar-refractivity contribution in [1.29, 1.82) is 0 Å². The lowest BCUT2D eigenvalue weighted by Crippen LogP contribution is -2.46. The molecule has 6 nitrogen and oxygen atoms in total. The van der Waals surface area contributed by atoms with Gasteiger partial charge in [-0.25, -0.2) is 0 Å². The minimum atomic E-state index is -0.633. The Morgan fingerprint density at radius 3 is 2.17 bits per heavy atom. The first kappa shape index (κ1) is 14.5. The van der Waals surface area contributed by atoms with Crippen LogP contribution in [0.2, 0.25) is 0 Å². The Labute approximate surface area is 107 Å². The predicted molar refractivity (Wildman–Crippen MR) is 66.7 cm³/mol. The number of carbonyl (C=O) groups is 3. The fourth-order valence-electron chi connectivity index (χ4n) is 1.99. The number of hydrogen-bond acceptors (Lipinski definition) is 3. The van der Waals surface area contributed by atoms with Crippen molar-refractivity contribution in [1.82, 2.24) is 16.0 Å². The maximum atomic E-state index is 11.5. The Morgan fingerprint density at radius 2 is 1.56 bits per heavy atom. The molecule has 1 rings (SSSR count). The van der Waals surface area contributed by atoms with Crippen molar-refractivity contribution in [3.63, 3.8) is 0 Å². The summed E-state index contributed by atoms with van der Waals surface area (Å²) in [6.45, 7) is 1.99. The molecule has 1 fully saturated rings. The van der Waals surface area contributed by atoms with Gasteiger partial charge < -0.3 is 16.0 Å². The zero-order valence-corrected chi connectivity index (χ0v) is 10.8. The Bertz CT molecular complexity index is 312. The highest BCUT2D eigenvalue weighted by molar-refractivity contribution is 6.35. The van der Waals surface area contributed by atoms with E-state index in [4.69, 9.17) is 0 Å². The molecule has 0 aliphatic heterocycles. The van der Waals surface area contributed by atoms with E-state index in [1.807, 2.05) is 0 Å². The predicted octanol–water partition coefficient (Wildman–Crippen LogP) is -0.312. The van der Waals surface area contributed by atoms with E-state index >= 15 is 0 Å². The lowest BCUT2D eigenvalue weighted by Gasteiger charge is -2.22. The van der Waals surface area contributed by atoms with Gasteiger partial charge in [-0.3, -0.25) is 14.4 Å². The number of rotatable bonds is 4. The van der Waals surface area contributed by atoms with Crippen LogP contribution in [0.3, 0.4) is 0 Å². The van der Waals surface area contributed by atoms with Gasteiger partial charge >= 0.3 is 11.8 Å². The zero-order chi connectivity index (χ0) is 13.4. The van der Waals surface area contributed by atoms with Gasteiger partial charge in [0.15, 0.2) is 0 Å². The van der Waals surface area contributed by atoms with E-state index in [2.05, 4.69) is 16.0 Å². The molecule has 1 saturated carbocycles. The van der Waals surface area contributed by atoms with E-state index < -0.39 is 11.8 Å². The molecular formula is C12H21N3O3. The van der Waals surface area contributed by atoms with E-state index in [-0.39, 0.29) is 18.5 Å². The second-order valence-electron chi connectivity index (χ2n) is 4.55. The van der Waals surface area contributed by atoms with E-state index in [1.165, 1.54) is 13.3 Å². The summed E-state index contributed by atoms with van der Waals surface area (Å²) in [4.78, 5) is 33.5. The number of hydrogen-bond donors (Lipinski definition) is 3. The van der Waals surface area contributed by atoms with Crippen LogP contribution in [0.1, 0.15) is 39.0 Å². The largest absolute Gasteiger partial charge is 0.355 e. The molecule has 6 heteroatoms. The molecule has 1 aliphatic rings. The molecule has 18 heavy (non-hydrogen) atoms. The van der Waals surface area contributed by atoms with Crippen LogP contribution in [0.25, 0.3) is 0 Å². The minimum absolute atomic E-state index is 0.132. The van der Waals surface area contributed by atoms with Crippen molar-refractivity contribution in [2.45, 2.75) is 45.1 Å². The summed E-state index contributed by atoms with van der Waals surface area (Å²) < 4.78 is 0. The van der Waals surface area contributed by atoms with Crippen LogP contribution < -0.4 is 16.0 Å². The first-order chi connectivity index (χ1) is 8.59. The molecule has 3 N–H and O–H groups in total. The maximum absolute atomic E-state index is 11.5. The molecule has 0 aromatic rings. The quantitative estimate of drug-likeness (QED) is 0.475. The van der Waals surface area contributed by atoms with Crippen LogP contribution in [0, 0.1) is 0 Å². The van der Waals surface area contributed by atoms with Gasteiger partial charge in [0.2, 0.25) is 5.91 Å². The standard InChI is InChI=1S/C12H21N3O3/c1-9(16)13-7-8-14-11(17)12(18)15-10-5-3-2-4-6-10/h10H,2-8H2,1H3,(H,13,16)(H,14,17)(H,15,18). The number of nitrogens with one attached hydrogen (secondary N) is 3. The third-order valence-corrected chi connectivity index (χ3v) is 2.93. The Balaban J connectivity index is 2.15. The molecule has 0 atom stereocenters. The van der Waals surface area contributed by atoms with Crippen LogP contribution in [0.5, 0.6) is 0 Å². The van der Waals surface area contributed by atoms with Crippen molar-refractivity contribution >= 4 is 17.7 Å². The second kappa shape index (κ2) is 7.68. The zero-order valence-electron chi connectivity index (χ0n) is 10.8. The second-order valence-corrected chi connectivity index (χ2v) is 4.55. The summed E-state index contributed by atoms with van der Waals surface area (Å²) in [6.07, 6.45) is 5.31. The summed E-state index contributed by atoms with van der Waals surface area (Å²) in [5, 5.41) is 7.73. The molecule has 0 spiro atoms. The van der Waals surface area contributed by atoms with Gasteiger partial charge in [0.1, 0.15) is 0 Å². The molecule has 102 valence electrons. The average Bonchev–Trinajstić information content (AvgIpc) is 2.35. The molecule has 0 bridgehead atoms. The van der Waals surface area contributed by atoms with Crippen molar-refractivity contribution < 1.29 is 14.4 Å². The van der Waals surface area contributed by atoms with Gasteiger partial charge in [-0.15, -0.1) is 0 Å². The molecule has 0 aromatic heterocycles. The van der Waals surface area contributed by atoms with Gasteiger partial charge in [0.25, 0.3) is 0 Å². The van der Waals surface area contributed by atoms with Crippen LogP contribution in [0.15, 0.2) is 0 Å². The first-order valence-corrected chi connectivity index (χ1v) is 6.42.